The fourth-order valence-electron chi connectivity index (χ4n) is 1.13. The highest BCUT2D eigenvalue weighted by Gasteiger charge is 2.13. The molecule has 0 fully saturated rings. The molecule has 0 aromatic carbocycles. The molecule has 17 heavy (non-hydrogen) atoms. The summed E-state index contributed by atoms with van der Waals surface area (Å²) in [6, 6.07) is 1.41. The Morgan fingerprint density at radius 2 is 2.00 bits per heavy atom. The van der Waals surface area contributed by atoms with E-state index in [9.17, 15) is 14.5 Å². The Morgan fingerprint density at radius 3 is 2.65 bits per heavy atom. The summed E-state index contributed by atoms with van der Waals surface area (Å²) in [4.78, 5) is 21.0. The van der Waals surface area contributed by atoms with Gasteiger partial charge in [-0.3, -0.25) is 15.1 Å². The van der Waals surface area contributed by atoms with Gasteiger partial charge in [0.2, 0.25) is 5.95 Å². The first kappa shape index (κ1) is 10.9. The molecule has 0 saturated heterocycles. The number of nitrogens with one attached hydrogen (secondary N) is 1. The lowest BCUT2D eigenvalue weighted by Gasteiger charge is -2.03. The third-order valence-corrected chi connectivity index (χ3v) is 1.86. The molecule has 2 aromatic rings. The van der Waals surface area contributed by atoms with Crippen LogP contribution >= 0.6 is 0 Å². The maximum atomic E-state index is 12.6. The first-order valence-electron chi connectivity index (χ1n) is 4.50. The average molecular weight is 235 g/mol. The molecular weight excluding hydrogens is 229 g/mol. The van der Waals surface area contributed by atoms with E-state index in [2.05, 4.69) is 20.3 Å². The maximum absolute atomic E-state index is 12.6. The van der Waals surface area contributed by atoms with Crippen LogP contribution in [0.1, 0.15) is 0 Å². The minimum atomic E-state index is -0.584. The van der Waals surface area contributed by atoms with Crippen LogP contribution in [-0.2, 0) is 0 Å². The molecule has 2 heterocycles. The zero-order valence-electron chi connectivity index (χ0n) is 8.37. The molecule has 86 valence electrons. The minimum Gasteiger partial charge on any atom is -0.318 e. The normalized spacial score (nSPS) is 9.94. The summed E-state index contributed by atoms with van der Waals surface area (Å²) >= 11 is 0. The summed E-state index contributed by atoms with van der Waals surface area (Å²) in [6.45, 7) is 0. The molecule has 0 saturated carbocycles. The number of pyridine rings is 1. The zero-order valence-corrected chi connectivity index (χ0v) is 8.37. The molecule has 2 aromatic heterocycles. The second kappa shape index (κ2) is 4.47. The van der Waals surface area contributed by atoms with E-state index in [0.29, 0.717) is 0 Å². The molecule has 8 heteroatoms. The van der Waals surface area contributed by atoms with Crippen molar-refractivity contribution in [2.24, 2.45) is 0 Å². The molecule has 0 amide bonds. The van der Waals surface area contributed by atoms with Crippen LogP contribution in [0.2, 0.25) is 0 Å². The van der Waals surface area contributed by atoms with E-state index < -0.39 is 10.7 Å². The van der Waals surface area contributed by atoms with Crippen LogP contribution in [0.25, 0.3) is 0 Å². The van der Waals surface area contributed by atoms with Crippen molar-refractivity contribution >= 4 is 17.3 Å². The lowest BCUT2D eigenvalue weighted by atomic mass is 10.3. The largest absolute Gasteiger partial charge is 0.318 e. The Kier molecular flexibility index (Phi) is 2.86. The highest BCUT2D eigenvalue weighted by Crippen LogP contribution is 2.24. The van der Waals surface area contributed by atoms with E-state index in [-0.39, 0.29) is 17.3 Å². The lowest BCUT2D eigenvalue weighted by Crippen LogP contribution is -2.00. The van der Waals surface area contributed by atoms with Crippen molar-refractivity contribution in [3.8, 4) is 0 Å². The van der Waals surface area contributed by atoms with Crippen molar-refractivity contribution in [2.75, 3.05) is 5.32 Å². The van der Waals surface area contributed by atoms with E-state index in [1.54, 1.807) is 0 Å². The van der Waals surface area contributed by atoms with Gasteiger partial charge in [0.05, 0.1) is 17.3 Å². The molecule has 7 nitrogen and oxygen atoms in total. The number of halogens is 1. The van der Waals surface area contributed by atoms with Gasteiger partial charge in [-0.1, -0.05) is 0 Å². The third kappa shape index (κ3) is 2.48. The highest BCUT2D eigenvalue weighted by atomic mass is 19.1. The maximum Gasteiger partial charge on any atom is 0.310 e. The van der Waals surface area contributed by atoms with Crippen LogP contribution < -0.4 is 5.32 Å². The molecule has 1 N–H and O–H groups in total. The third-order valence-electron chi connectivity index (χ3n) is 1.86. The quantitative estimate of drug-likeness (QED) is 0.642. The van der Waals surface area contributed by atoms with E-state index in [1.807, 2.05) is 0 Å². The van der Waals surface area contributed by atoms with Crippen molar-refractivity contribution in [2.45, 2.75) is 0 Å². The Bertz CT molecular complexity index is 545. The van der Waals surface area contributed by atoms with Crippen molar-refractivity contribution in [1.82, 2.24) is 15.0 Å². The predicted octanol–water partition coefficient (Wildman–Crippen LogP) is 1.66. The number of rotatable bonds is 3. The van der Waals surface area contributed by atoms with Crippen LogP contribution in [0.5, 0.6) is 0 Å². The Labute approximate surface area is 94.5 Å². The number of hydrogen-bond donors (Lipinski definition) is 1. The Hall–Kier alpha value is -2.64. The topological polar surface area (TPSA) is 93.8 Å². The number of nitro groups is 1. The second-order valence-corrected chi connectivity index (χ2v) is 3.00. The molecule has 0 unspecified atom stereocenters. The molecule has 0 aliphatic heterocycles. The van der Waals surface area contributed by atoms with Gasteiger partial charge in [-0.15, -0.1) is 0 Å². The lowest BCUT2D eigenvalue weighted by molar-refractivity contribution is -0.384. The van der Waals surface area contributed by atoms with Gasteiger partial charge < -0.3 is 5.32 Å². The number of nitrogens with zero attached hydrogens (tertiary/aromatic N) is 4. The molecule has 0 bridgehead atoms. The van der Waals surface area contributed by atoms with E-state index >= 15 is 0 Å². The summed E-state index contributed by atoms with van der Waals surface area (Å²) in [5.41, 5.74) is -0.0166. The molecule has 0 aliphatic rings. The van der Waals surface area contributed by atoms with E-state index in [4.69, 9.17) is 0 Å². The number of aromatic nitrogens is 3. The molecular formula is C9H6FN5O2. The monoisotopic (exact) mass is 235 g/mol. The van der Waals surface area contributed by atoms with Gasteiger partial charge in [-0.25, -0.2) is 14.4 Å². The SMILES string of the molecule is O=[N+]([O-])c1cnccc1Nc1ncc(F)cn1. The fraction of sp³-hybridized carbons (Fsp3) is 0. The predicted molar refractivity (Wildman–Crippen MR) is 56.2 cm³/mol. The molecule has 0 aliphatic carbocycles. The molecule has 2 rings (SSSR count). The van der Waals surface area contributed by atoms with Crippen molar-refractivity contribution in [1.29, 1.82) is 0 Å². The molecule has 0 atom stereocenters. The fourth-order valence-corrected chi connectivity index (χ4v) is 1.13. The van der Waals surface area contributed by atoms with Crippen LogP contribution in [0, 0.1) is 15.9 Å². The second-order valence-electron chi connectivity index (χ2n) is 3.00. The summed E-state index contributed by atoms with van der Waals surface area (Å²) in [5, 5.41) is 13.3. The van der Waals surface area contributed by atoms with Crippen molar-refractivity contribution < 1.29 is 9.31 Å². The summed E-state index contributed by atoms with van der Waals surface area (Å²) in [5.74, 6) is -0.513. The summed E-state index contributed by atoms with van der Waals surface area (Å²) < 4.78 is 12.6. The average Bonchev–Trinajstić information content (AvgIpc) is 2.32. The van der Waals surface area contributed by atoms with Gasteiger partial charge in [0, 0.05) is 6.20 Å². The van der Waals surface area contributed by atoms with Crippen LogP contribution in [0.3, 0.4) is 0 Å². The summed E-state index contributed by atoms with van der Waals surface area (Å²) in [6.07, 6.45) is 4.41. The van der Waals surface area contributed by atoms with Gasteiger partial charge in [-0.05, 0) is 6.07 Å². The van der Waals surface area contributed by atoms with Crippen LogP contribution in [-0.4, -0.2) is 19.9 Å². The Balaban J connectivity index is 2.30. The minimum absolute atomic E-state index is 0.0701. The van der Waals surface area contributed by atoms with Gasteiger partial charge >= 0.3 is 5.69 Å². The first-order valence-corrected chi connectivity index (χ1v) is 4.50. The van der Waals surface area contributed by atoms with Crippen molar-refractivity contribution in [3.63, 3.8) is 0 Å². The van der Waals surface area contributed by atoms with E-state index in [0.717, 1.165) is 18.6 Å². The summed E-state index contributed by atoms with van der Waals surface area (Å²) in [7, 11) is 0. The molecule has 0 spiro atoms. The number of anilines is 2. The van der Waals surface area contributed by atoms with Crippen LogP contribution in [0.4, 0.5) is 21.7 Å². The first-order chi connectivity index (χ1) is 8.16. The number of hydrogen-bond acceptors (Lipinski definition) is 6. The van der Waals surface area contributed by atoms with E-state index in [1.165, 1.54) is 12.3 Å². The van der Waals surface area contributed by atoms with Crippen molar-refractivity contribution in [3.05, 3.63) is 46.8 Å². The highest BCUT2D eigenvalue weighted by molar-refractivity contribution is 5.64. The molecule has 0 radical (unpaired) electrons. The van der Waals surface area contributed by atoms with Gasteiger partial charge in [0.1, 0.15) is 11.9 Å². The zero-order chi connectivity index (χ0) is 12.3. The Morgan fingerprint density at radius 1 is 1.29 bits per heavy atom. The van der Waals surface area contributed by atoms with Crippen LogP contribution in [0.15, 0.2) is 30.9 Å². The van der Waals surface area contributed by atoms with Gasteiger partial charge in [0.25, 0.3) is 0 Å². The van der Waals surface area contributed by atoms with Gasteiger partial charge in [-0.2, -0.15) is 0 Å². The standard InChI is InChI=1S/C9H6FN5O2/c10-6-3-12-9(13-4-6)14-7-1-2-11-5-8(7)15(16)17/h1-5H,(H,11,12,13,14). The smallest absolute Gasteiger partial charge is 0.310 e. The van der Waals surface area contributed by atoms with Gasteiger partial charge in [0.15, 0.2) is 5.82 Å².